The van der Waals surface area contributed by atoms with Crippen LogP contribution in [0.5, 0.6) is 0 Å². The van der Waals surface area contributed by atoms with Gasteiger partial charge in [0, 0.05) is 12.6 Å². The second-order valence-corrected chi connectivity index (χ2v) is 3.49. The van der Waals surface area contributed by atoms with Gasteiger partial charge in [0.05, 0.1) is 7.11 Å². The van der Waals surface area contributed by atoms with Crippen molar-refractivity contribution in [3.05, 3.63) is 35.9 Å². The van der Waals surface area contributed by atoms with Crippen LogP contribution in [-0.2, 0) is 9.53 Å². The quantitative estimate of drug-likeness (QED) is 0.440. The van der Waals surface area contributed by atoms with Gasteiger partial charge in [-0.1, -0.05) is 36.3 Å². The molecule has 0 saturated heterocycles. The molecule has 0 heterocycles. The Morgan fingerprint density at radius 1 is 1.53 bits per heavy atom. The summed E-state index contributed by atoms with van der Waals surface area (Å²) in [5.74, 6) is 2.28. The highest BCUT2D eigenvalue weighted by atomic mass is 16.5. The molecular weight excluding hydrogens is 214 g/mol. The summed E-state index contributed by atoms with van der Waals surface area (Å²) in [4.78, 5) is 15.2. The topological polar surface area (TPSA) is 38.7 Å². The van der Waals surface area contributed by atoms with Gasteiger partial charge in [0.25, 0.3) is 0 Å². The number of hydrogen-bond donors (Lipinski definition) is 0. The van der Waals surface area contributed by atoms with Crippen molar-refractivity contribution < 1.29 is 9.53 Å². The van der Waals surface area contributed by atoms with Gasteiger partial charge in [0.15, 0.2) is 0 Å². The number of ether oxygens (including phenoxy) is 1. The van der Waals surface area contributed by atoms with Crippen molar-refractivity contribution in [3.63, 3.8) is 0 Å². The van der Waals surface area contributed by atoms with E-state index in [9.17, 15) is 4.79 Å². The summed E-state index contributed by atoms with van der Waals surface area (Å²) >= 11 is 0. The van der Waals surface area contributed by atoms with Gasteiger partial charge in [-0.25, -0.2) is 0 Å². The van der Waals surface area contributed by atoms with Gasteiger partial charge in [-0.2, -0.15) is 0 Å². The highest BCUT2D eigenvalue weighted by Crippen LogP contribution is 2.03. The third-order valence-electron chi connectivity index (χ3n) is 2.25. The molecule has 0 aliphatic carbocycles. The fraction of sp³-hybridized carbons (Fsp3) is 0.286. The van der Waals surface area contributed by atoms with E-state index in [1.165, 1.54) is 7.11 Å². The molecule has 1 atom stereocenters. The van der Waals surface area contributed by atoms with Crippen molar-refractivity contribution in [1.82, 2.24) is 0 Å². The molecule has 1 aromatic carbocycles. The molecule has 0 radical (unpaired) electrons. The first kappa shape index (κ1) is 13.0. The van der Waals surface area contributed by atoms with E-state index in [1.807, 2.05) is 30.3 Å². The largest absolute Gasteiger partial charge is 0.469 e. The first-order valence-corrected chi connectivity index (χ1v) is 5.37. The molecule has 0 aliphatic rings. The van der Waals surface area contributed by atoms with Crippen LogP contribution in [0.4, 0.5) is 0 Å². The van der Waals surface area contributed by atoms with Crippen molar-refractivity contribution in [3.8, 4) is 12.3 Å². The highest BCUT2D eigenvalue weighted by Gasteiger charge is 2.06. The molecule has 1 rings (SSSR count). The average Bonchev–Trinajstić information content (AvgIpc) is 2.39. The number of nitrogens with zero attached hydrogens (tertiary/aromatic N) is 1. The summed E-state index contributed by atoms with van der Waals surface area (Å²) in [5.41, 5.74) is 0.991. The second kappa shape index (κ2) is 7.24. The number of carbonyl (C=O) groups is 1. The van der Waals surface area contributed by atoms with Crippen molar-refractivity contribution in [2.75, 3.05) is 7.11 Å². The number of hydrogen-bond acceptors (Lipinski definition) is 3. The number of methoxy groups -OCH3 is 1. The Morgan fingerprint density at radius 2 is 2.24 bits per heavy atom. The molecule has 17 heavy (non-hydrogen) atoms. The van der Waals surface area contributed by atoms with Crippen LogP contribution in [0.2, 0.25) is 0 Å². The Hall–Kier alpha value is -2.08. The first-order valence-electron chi connectivity index (χ1n) is 5.37. The minimum absolute atomic E-state index is 0.264. The molecule has 0 saturated carbocycles. The fourth-order valence-electron chi connectivity index (χ4n) is 1.27. The van der Waals surface area contributed by atoms with Crippen LogP contribution in [0, 0.1) is 12.3 Å². The molecule has 88 valence electrons. The van der Waals surface area contributed by atoms with Gasteiger partial charge in [0.2, 0.25) is 0 Å². The standard InChI is InChI=1S/C14H15NO2/c1-3-13(9-10-14(16)17-2)15-11-12-7-5-4-6-8-12/h1,4-8,11,13H,9-10H2,2H3/b15-11+. The summed E-state index contributed by atoms with van der Waals surface area (Å²) in [6.45, 7) is 0. The lowest BCUT2D eigenvalue weighted by molar-refractivity contribution is -0.140. The molecule has 0 aromatic heterocycles. The Morgan fingerprint density at radius 3 is 2.82 bits per heavy atom. The van der Waals surface area contributed by atoms with Crippen LogP contribution in [0.3, 0.4) is 0 Å². The molecule has 0 spiro atoms. The van der Waals surface area contributed by atoms with Gasteiger partial charge < -0.3 is 4.74 Å². The Bertz CT molecular complexity index is 418. The van der Waals surface area contributed by atoms with Crippen molar-refractivity contribution >= 4 is 12.2 Å². The molecular formula is C14H15NO2. The summed E-state index contributed by atoms with van der Waals surface area (Å²) < 4.78 is 4.55. The second-order valence-electron chi connectivity index (χ2n) is 3.49. The SMILES string of the molecule is C#CC(CCC(=O)OC)/N=C/c1ccccc1. The maximum absolute atomic E-state index is 11.0. The van der Waals surface area contributed by atoms with Gasteiger partial charge in [-0.05, 0) is 12.0 Å². The molecule has 3 nitrogen and oxygen atoms in total. The van der Waals surface area contributed by atoms with Crippen LogP contribution in [0.1, 0.15) is 18.4 Å². The highest BCUT2D eigenvalue weighted by molar-refractivity contribution is 5.79. The van der Waals surface area contributed by atoms with Gasteiger partial charge in [-0.15, -0.1) is 6.42 Å². The number of esters is 1. The maximum atomic E-state index is 11.0. The summed E-state index contributed by atoms with van der Waals surface area (Å²) in [6.07, 6.45) is 7.87. The number of carbonyl (C=O) groups excluding carboxylic acids is 1. The number of aliphatic imine (C=N–C) groups is 1. The minimum atomic E-state index is -0.283. The van der Waals surface area contributed by atoms with E-state index < -0.39 is 0 Å². The maximum Gasteiger partial charge on any atom is 0.305 e. The molecule has 0 aliphatic heterocycles. The monoisotopic (exact) mass is 229 g/mol. The normalized spacial score (nSPS) is 12.0. The van der Waals surface area contributed by atoms with Crippen molar-refractivity contribution in [1.29, 1.82) is 0 Å². The van der Waals surface area contributed by atoms with Crippen molar-refractivity contribution in [2.45, 2.75) is 18.9 Å². The van der Waals surface area contributed by atoms with Crippen LogP contribution in [0.15, 0.2) is 35.3 Å². The van der Waals surface area contributed by atoms with Gasteiger partial charge in [-0.3, -0.25) is 9.79 Å². The van der Waals surface area contributed by atoms with Crippen LogP contribution in [-0.4, -0.2) is 25.3 Å². The van der Waals surface area contributed by atoms with Gasteiger partial charge >= 0.3 is 5.97 Å². The zero-order chi connectivity index (χ0) is 12.5. The van der Waals surface area contributed by atoms with E-state index in [1.54, 1.807) is 6.21 Å². The third kappa shape index (κ3) is 4.98. The van der Waals surface area contributed by atoms with E-state index in [0.717, 1.165) is 5.56 Å². The van der Waals surface area contributed by atoms with Gasteiger partial charge in [0.1, 0.15) is 6.04 Å². The third-order valence-corrected chi connectivity index (χ3v) is 2.25. The predicted molar refractivity (Wildman–Crippen MR) is 67.9 cm³/mol. The fourth-order valence-corrected chi connectivity index (χ4v) is 1.27. The molecule has 0 bridgehead atoms. The van der Waals surface area contributed by atoms with E-state index in [2.05, 4.69) is 15.6 Å². The van der Waals surface area contributed by atoms with Crippen LogP contribution >= 0.6 is 0 Å². The smallest absolute Gasteiger partial charge is 0.305 e. The lowest BCUT2D eigenvalue weighted by Crippen LogP contribution is -2.07. The lowest BCUT2D eigenvalue weighted by atomic mass is 10.1. The Kier molecular flexibility index (Phi) is 5.53. The van der Waals surface area contributed by atoms with Crippen molar-refractivity contribution in [2.24, 2.45) is 4.99 Å². The Labute approximate surface area is 102 Å². The van der Waals surface area contributed by atoms with Crippen LogP contribution in [0.25, 0.3) is 0 Å². The van der Waals surface area contributed by atoms with E-state index in [-0.39, 0.29) is 18.4 Å². The number of rotatable bonds is 5. The Balaban J connectivity index is 2.50. The summed E-state index contributed by atoms with van der Waals surface area (Å²) in [7, 11) is 1.36. The molecule has 0 N–H and O–H groups in total. The van der Waals surface area contributed by atoms with Crippen LogP contribution < -0.4 is 0 Å². The summed E-state index contributed by atoms with van der Waals surface area (Å²) in [5, 5.41) is 0. The lowest BCUT2D eigenvalue weighted by Gasteiger charge is -2.03. The number of benzene rings is 1. The predicted octanol–water partition coefficient (Wildman–Crippen LogP) is 2.06. The molecule has 1 unspecified atom stereocenters. The van der Waals surface area contributed by atoms with E-state index >= 15 is 0 Å². The van der Waals surface area contributed by atoms with E-state index in [4.69, 9.17) is 6.42 Å². The first-order chi connectivity index (χ1) is 8.26. The molecule has 3 heteroatoms. The average molecular weight is 229 g/mol. The molecule has 0 amide bonds. The van der Waals surface area contributed by atoms with E-state index in [0.29, 0.717) is 6.42 Å². The summed E-state index contributed by atoms with van der Waals surface area (Å²) in [6, 6.07) is 9.40. The number of terminal acetylenes is 1. The minimum Gasteiger partial charge on any atom is -0.469 e. The zero-order valence-corrected chi connectivity index (χ0v) is 9.80. The molecule has 1 aromatic rings. The zero-order valence-electron chi connectivity index (χ0n) is 9.80. The molecule has 0 fully saturated rings.